The van der Waals surface area contributed by atoms with Crippen LogP contribution in [0.25, 0.3) is 11.3 Å². The average Bonchev–Trinajstić information content (AvgIpc) is 2.42. The monoisotopic (exact) mass is 266 g/mol. The lowest BCUT2D eigenvalue weighted by atomic mass is 10.1. The molecule has 0 aliphatic heterocycles. The molecule has 2 aromatic rings. The van der Waals surface area contributed by atoms with E-state index in [0.717, 1.165) is 25.1 Å². The normalized spacial score (nSPS) is 10.5. The summed E-state index contributed by atoms with van der Waals surface area (Å²) in [6, 6.07) is 6.97. The standard InChI is InChI=1S/C14H13F3N2/c1-2-6-18-13-5-3-4-12(19-13)9-7-10(15)14(17)11(16)8-9/h3-5,7-8H,2,6H2,1H3,(H,18,19). The highest BCUT2D eigenvalue weighted by Gasteiger charge is 2.12. The highest BCUT2D eigenvalue weighted by atomic mass is 19.2. The maximum absolute atomic E-state index is 13.2. The lowest BCUT2D eigenvalue weighted by Gasteiger charge is -2.07. The molecule has 0 aliphatic rings. The van der Waals surface area contributed by atoms with Crippen LogP contribution in [0.3, 0.4) is 0 Å². The van der Waals surface area contributed by atoms with Crippen LogP contribution in [-0.4, -0.2) is 11.5 Å². The summed E-state index contributed by atoms with van der Waals surface area (Å²) in [4.78, 5) is 4.23. The minimum Gasteiger partial charge on any atom is -0.370 e. The van der Waals surface area contributed by atoms with Crippen molar-refractivity contribution in [2.75, 3.05) is 11.9 Å². The number of pyridine rings is 1. The van der Waals surface area contributed by atoms with Gasteiger partial charge < -0.3 is 5.32 Å². The fourth-order valence-electron chi connectivity index (χ4n) is 1.65. The third-order valence-electron chi connectivity index (χ3n) is 2.58. The first-order valence-electron chi connectivity index (χ1n) is 5.97. The molecule has 0 fully saturated rings. The molecule has 0 bridgehead atoms. The summed E-state index contributed by atoms with van der Waals surface area (Å²) in [7, 11) is 0. The van der Waals surface area contributed by atoms with Gasteiger partial charge in [-0.15, -0.1) is 0 Å². The van der Waals surface area contributed by atoms with Gasteiger partial charge in [-0.05, 0) is 30.7 Å². The number of rotatable bonds is 4. The fourth-order valence-corrected chi connectivity index (χ4v) is 1.65. The molecule has 0 saturated heterocycles. The molecular weight excluding hydrogens is 253 g/mol. The molecule has 19 heavy (non-hydrogen) atoms. The summed E-state index contributed by atoms with van der Waals surface area (Å²) in [6.07, 6.45) is 0.936. The van der Waals surface area contributed by atoms with Crippen LogP contribution in [0.1, 0.15) is 13.3 Å². The molecule has 0 amide bonds. The van der Waals surface area contributed by atoms with Crippen LogP contribution < -0.4 is 5.32 Å². The van der Waals surface area contributed by atoms with Gasteiger partial charge in [0.25, 0.3) is 0 Å². The lowest BCUT2D eigenvalue weighted by molar-refractivity contribution is 0.447. The van der Waals surface area contributed by atoms with E-state index in [4.69, 9.17) is 0 Å². The molecule has 0 aliphatic carbocycles. The van der Waals surface area contributed by atoms with Crippen LogP contribution in [0.5, 0.6) is 0 Å². The molecule has 0 radical (unpaired) electrons. The van der Waals surface area contributed by atoms with Gasteiger partial charge in [0.15, 0.2) is 17.5 Å². The fraction of sp³-hybridized carbons (Fsp3) is 0.214. The Morgan fingerprint density at radius 2 is 1.79 bits per heavy atom. The molecule has 0 atom stereocenters. The second-order valence-electron chi connectivity index (χ2n) is 4.09. The van der Waals surface area contributed by atoms with Crippen molar-refractivity contribution in [3.8, 4) is 11.3 Å². The largest absolute Gasteiger partial charge is 0.370 e. The molecule has 1 N–H and O–H groups in total. The Morgan fingerprint density at radius 3 is 2.42 bits per heavy atom. The first-order valence-corrected chi connectivity index (χ1v) is 5.97. The van der Waals surface area contributed by atoms with Gasteiger partial charge in [-0.25, -0.2) is 18.2 Å². The topological polar surface area (TPSA) is 24.9 Å². The number of nitrogens with zero attached hydrogens (tertiary/aromatic N) is 1. The quantitative estimate of drug-likeness (QED) is 0.846. The molecule has 1 aromatic carbocycles. The molecule has 5 heteroatoms. The van der Waals surface area contributed by atoms with Gasteiger partial charge in [-0.2, -0.15) is 0 Å². The van der Waals surface area contributed by atoms with Gasteiger partial charge in [0, 0.05) is 12.1 Å². The Hall–Kier alpha value is -2.04. The highest BCUT2D eigenvalue weighted by Crippen LogP contribution is 2.23. The Bertz CT molecular complexity index is 562. The number of benzene rings is 1. The maximum atomic E-state index is 13.2. The van der Waals surface area contributed by atoms with E-state index in [0.29, 0.717) is 11.5 Å². The Labute approximate surface area is 109 Å². The third-order valence-corrected chi connectivity index (χ3v) is 2.58. The minimum atomic E-state index is -1.47. The Kier molecular flexibility index (Phi) is 4.04. The molecule has 2 rings (SSSR count). The Balaban J connectivity index is 2.36. The zero-order valence-electron chi connectivity index (χ0n) is 10.4. The van der Waals surface area contributed by atoms with Crippen molar-refractivity contribution in [3.63, 3.8) is 0 Å². The molecule has 1 heterocycles. The van der Waals surface area contributed by atoms with Crippen LogP contribution in [0.4, 0.5) is 19.0 Å². The van der Waals surface area contributed by atoms with Crippen LogP contribution in [0.15, 0.2) is 30.3 Å². The number of hydrogen-bond donors (Lipinski definition) is 1. The van der Waals surface area contributed by atoms with E-state index in [1.165, 1.54) is 0 Å². The van der Waals surface area contributed by atoms with Crippen molar-refractivity contribution < 1.29 is 13.2 Å². The van der Waals surface area contributed by atoms with Gasteiger partial charge >= 0.3 is 0 Å². The van der Waals surface area contributed by atoms with E-state index in [-0.39, 0.29) is 5.56 Å². The molecular formula is C14H13F3N2. The van der Waals surface area contributed by atoms with Crippen molar-refractivity contribution in [2.45, 2.75) is 13.3 Å². The van der Waals surface area contributed by atoms with Gasteiger partial charge in [-0.3, -0.25) is 0 Å². The van der Waals surface area contributed by atoms with Crippen molar-refractivity contribution in [3.05, 3.63) is 47.8 Å². The van der Waals surface area contributed by atoms with E-state index in [1.54, 1.807) is 18.2 Å². The lowest BCUT2D eigenvalue weighted by Crippen LogP contribution is -2.02. The summed E-state index contributed by atoms with van der Waals surface area (Å²) in [5.41, 5.74) is 0.593. The number of anilines is 1. The average molecular weight is 266 g/mol. The predicted octanol–water partition coefficient (Wildman–Crippen LogP) is 3.99. The van der Waals surface area contributed by atoms with Gasteiger partial charge in [0.1, 0.15) is 5.82 Å². The van der Waals surface area contributed by atoms with Crippen LogP contribution in [-0.2, 0) is 0 Å². The smallest absolute Gasteiger partial charge is 0.194 e. The Morgan fingerprint density at radius 1 is 1.11 bits per heavy atom. The zero-order valence-corrected chi connectivity index (χ0v) is 10.4. The van der Waals surface area contributed by atoms with Crippen molar-refractivity contribution in [1.29, 1.82) is 0 Å². The van der Waals surface area contributed by atoms with E-state index in [1.807, 2.05) is 6.92 Å². The van der Waals surface area contributed by atoms with Gasteiger partial charge in [-0.1, -0.05) is 13.0 Å². The first kappa shape index (κ1) is 13.4. The second kappa shape index (κ2) is 5.73. The number of hydrogen-bond acceptors (Lipinski definition) is 2. The van der Waals surface area contributed by atoms with E-state index >= 15 is 0 Å². The van der Waals surface area contributed by atoms with Crippen molar-refractivity contribution in [1.82, 2.24) is 4.98 Å². The van der Waals surface area contributed by atoms with Gasteiger partial charge in [0.05, 0.1) is 5.69 Å². The number of halogens is 3. The van der Waals surface area contributed by atoms with Crippen molar-refractivity contribution >= 4 is 5.82 Å². The molecule has 100 valence electrons. The number of nitrogens with one attached hydrogen (secondary N) is 1. The molecule has 1 aromatic heterocycles. The van der Waals surface area contributed by atoms with E-state index in [9.17, 15) is 13.2 Å². The van der Waals surface area contributed by atoms with Gasteiger partial charge in [0.2, 0.25) is 0 Å². The van der Waals surface area contributed by atoms with Crippen LogP contribution in [0, 0.1) is 17.5 Å². The summed E-state index contributed by atoms with van der Waals surface area (Å²) >= 11 is 0. The highest BCUT2D eigenvalue weighted by molar-refractivity contribution is 5.61. The third kappa shape index (κ3) is 3.05. The second-order valence-corrected chi connectivity index (χ2v) is 4.09. The maximum Gasteiger partial charge on any atom is 0.194 e. The van der Waals surface area contributed by atoms with E-state index < -0.39 is 17.5 Å². The molecule has 2 nitrogen and oxygen atoms in total. The summed E-state index contributed by atoms with van der Waals surface area (Å²) in [6.45, 7) is 2.77. The molecule has 0 saturated carbocycles. The molecule has 0 unspecified atom stereocenters. The van der Waals surface area contributed by atoms with Crippen LogP contribution >= 0.6 is 0 Å². The predicted molar refractivity (Wildman–Crippen MR) is 68.3 cm³/mol. The zero-order chi connectivity index (χ0) is 13.8. The first-order chi connectivity index (χ1) is 9.11. The van der Waals surface area contributed by atoms with E-state index in [2.05, 4.69) is 10.3 Å². The summed E-state index contributed by atoms with van der Waals surface area (Å²) in [5, 5.41) is 3.07. The van der Waals surface area contributed by atoms with Crippen LogP contribution in [0.2, 0.25) is 0 Å². The SMILES string of the molecule is CCCNc1cccc(-c2cc(F)c(F)c(F)c2)n1. The molecule has 0 spiro atoms. The minimum absolute atomic E-state index is 0.205. The summed E-state index contributed by atoms with van der Waals surface area (Å²) < 4.78 is 39.2. The summed E-state index contributed by atoms with van der Waals surface area (Å²) in [5.74, 6) is -3.29. The van der Waals surface area contributed by atoms with Crippen molar-refractivity contribution in [2.24, 2.45) is 0 Å². The number of aromatic nitrogens is 1.